The predicted molar refractivity (Wildman–Crippen MR) is 373 cm³/mol. The Hall–Kier alpha value is 1.48. The van der Waals surface area contributed by atoms with Crippen molar-refractivity contribution in [3.63, 3.8) is 0 Å². The van der Waals surface area contributed by atoms with Crippen LogP contribution in [0.4, 0.5) is 0 Å². The van der Waals surface area contributed by atoms with Crippen molar-refractivity contribution in [2.45, 2.75) is 483 Å². The summed E-state index contributed by atoms with van der Waals surface area (Å²) in [6.45, 7) is 19.0. The van der Waals surface area contributed by atoms with Gasteiger partial charge in [-0.3, -0.25) is 0 Å². The molecule has 2 atom stereocenters. The van der Waals surface area contributed by atoms with Gasteiger partial charge in [-0.05, 0) is 0 Å². The van der Waals surface area contributed by atoms with E-state index in [2.05, 4.69) is 55.4 Å². The van der Waals surface area contributed by atoms with E-state index in [-0.39, 0.29) is 0 Å². The summed E-state index contributed by atoms with van der Waals surface area (Å²) < 4.78 is 31.0. The molecule has 488 valence electrons. The molecule has 81 heavy (non-hydrogen) atoms. The van der Waals surface area contributed by atoms with Crippen molar-refractivity contribution < 1.29 is 7.56 Å². The fraction of sp³-hybridized carbons (Fsp3) is 1.00. The van der Waals surface area contributed by atoms with E-state index in [0.717, 1.165) is 0 Å². The summed E-state index contributed by atoms with van der Waals surface area (Å²) in [5.41, 5.74) is 0. The van der Waals surface area contributed by atoms with E-state index in [1.807, 2.05) is 0 Å². The van der Waals surface area contributed by atoms with E-state index in [1.165, 1.54) is 416 Å². The van der Waals surface area contributed by atoms with Crippen molar-refractivity contribution in [3.05, 3.63) is 0 Å². The van der Waals surface area contributed by atoms with Gasteiger partial charge in [0.25, 0.3) is 0 Å². The number of unbranched alkanes of at least 4 members (excludes halogenated alkanes) is 50. The molecular weight excluding hydrogens is 1200 g/mol. The second kappa shape index (κ2) is 67.4. The molecule has 0 saturated carbocycles. The molecule has 0 rings (SSSR count). The summed E-state index contributed by atoms with van der Waals surface area (Å²) in [6.07, 6.45) is 86.6. The van der Waals surface area contributed by atoms with Gasteiger partial charge in [0.15, 0.2) is 0 Å². The third-order valence-electron chi connectivity index (χ3n) is 18.8. The Morgan fingerprint density at radius 2 is 0.309 bits per heavy atom. The van der Waals surface area contributed by atoms with Gasteiger partial charge in [-0.1, -0.05) is 26.7 Å². The van der Waals surface area contributed by atoms with Crippen LogP contribution < -0.4 is 0 Å². The fourth-order valence-corrected chi connectivity index (χ4v) is 55.9. The Morgan fingerprint density at radius 1 is 0.173 bits per heavy atom. The van der Waals surface area contributed by atoms with Gasteiger partial charge >= 0.3 is 503 Å². The van der Waals surface area contributed by atoms with Crippen LogP contribution in [0.1, 0.15) is 453 Å². The molecule has 0 bridgehead atoms. The number of hydrogen-bond acceptors (Lipinski definition) is 3. The van der Waals surface area contributed by atoms with Crippen LogP contribution in [-0.2, 0) is 7.56 Å². The molecule has 0 aromatic rings. The molecule has 0 aliphatic heterocycles. The predicted octanol–water partition coefficient (Wildman–Crippen LogP) is 29.0. The quantitative estimate of drug-likeness (QED) is 0.0449. The van der Waals surface area contributed by atoms with Gasteiger partial charge in [0, 0.05) is 0 Å². The van der Waals surface area contributed by atoms with Crippen molar-refractivity contribution in [2.75, 3.05) is 0 Å². The average Bonchev–Trinajstić information content (AvgIpc) is 3.49. The van der Waals surface area contributed by atoms with Gasteiger partial charge in [0.05, 0.1) is 0 Å². The Labute approximate surface area is 525 Å². The minimum atomic E-state index is -3.82. The molecule has 0 aromatic heterocycles. The maximum atomic E-state index is 8.92. The van der Waals surface area contributed by atoms with E-state index in [9.17, 15) is 0 Å². The molecule has 0 radical (unpaired) electrons. The van der Waals surface area contributed by atoms with Gasteiger partial charge in [0.2, 0.25) is 0 Å². The van der Waals surface area contributed by atoms with E-state index in [1.54, 1.807) is 0 Å². The summed E-state index contributed by atoms with van der Waals surface area (Å²) in [5, 5.41) is 0. The standard InChI is InChI=1S/2C22H45O.4C8H17.O.2Sn/c2*1-3-5-7-9-11-12-13-15-17-19-21-22(23)20-18-16-14-10-8-6-4-2;4*1-3-5-7-8-6-4-2;;;/h2*22H,3-21H2,1-2H3;4*1,3-8H2,2H3;;;/q2*-1;;;;;;2*+1. The number of rotatable bonds is 72. The van der Waals surface area contributed by atoms with Gasteiger partial charge in [-0.15, -0.1) is 0 Å². The average molecular weight is 1360 g/mol. The van der Waals surface area contributed by atoms with Gasteiger partial charge in [0.1, 0.15) is 0 Å². The minimum Gasteiger partial charge on any atom is -0.0654 e. The summed E-state index contributed by atoms with van der Waals surface area (Å²) in [6, 6.07) is 0. The first-order valence-electron chi connectivity index (χ1n) is 39.0. The first-order chi connectivity index (χ1) is 39.9. The van der Waals surface area contributed by atoms with Crippen LogP contribution in [0.2, 0.25) is 17.7 Å². The smallest absolute Gasteiger partial charge is 0.0654 e. The first-order valence-corrected chi connectivity index (χ1v) is 51.7. The molecule has 0 N–H and O–H groups in total. The van der Waals surface area contributed by atoms with Crippen LogP contribution in [0.15, 0.2) is 0 Å². The van der Waals surface area contributed by atoms with Crippen LogP contribution in [0.25, 0.3) is 0 Å². The normalized spacial score (nSPS) is 13.0. The van der Waals surface area contributed by atoms with E-state index < -0.39 is 38.4 Å². The maximum absolute atomic E-state index is 8.92. The van der Waals surface area contributed by atoms with Crippen LogP contribution in [-0.4, -0.2) is 50.6 Å². The summed E-state index contributed by atoms with van der Waals surface area (Å²) in [5.74, 6) is 0. The monoisotopic (exact) mass is 1360 g/mol. The molecule has 0 amide bonds. The van der Waals surface area contributed by atoms with Crippen molar-refractivity contribution in [1.82, 2.24) is 0 Å². The molecular formula is C76H158O3Sn2. The fourth-order valence-electron chi connectivity index (χ4n) is 13.3. The van der Waals surface area contributed by atoms with Gasteiger partial charge in [-0.2, -0.15) is 0 Å². The SMILES string of the molecule is CCCCCCCCCCCCC(CCCCCCCCC)[O][Sn]([CH2]CCCCCCC)([CH2]CCCCCCC)[O][Sn]([CH2]CCCCCCC)([CH2]CCCCCCC)[O]C(CCCCCCCCC)CCCCCCCCCCCC. The molecule has 0 spiro atoms. The zero-order valence-electron chi connectivity index (χ0n) is 58.0. The van der Waals surface area contributed by atoms with Crippen molar-refractivity contribution in [1.29, 1.82) is 0 Å². The van der Waals surface area contributed by atoms with Crippen molar-refractivity contribution >= 4 is 38.4 Å². The Balaban J connectivity index is 7.60. The minimum absolute atomic E-state index is 0.396. The van der Waals surface area contributed by atoms with E-state index in [0.29, 0.717) is 12.2 Å². The topological polar surface area (TPSA) is 27.7 Å². The van der Waals surface area contributed by atoms with Crippen LogP contribution >= 0.6 is 0 Å². The second-order valence-electron chi connectivity index (χ2n) is 27.2. The Bertz CT molecular complexity index is 1030. The molecule has 0 saturated heterocycles. The van der Waals surface area contributed by atoms with Crippen LogP contribution in [0.5, 0.6) is 0 Å². The van der Waals surface area contributed by atoms with Crippen molar-refractivity contribution in [2.24, 2.45) is 0 Å². The van der Waals surface area contributed by atoms with Gasteiger partial charge in [-0.25, -0.2) is 0 Å². The molecule has 0 aliphatic carbocycles. The molecule has 0 heterocycles. The summed E-state index contributed by atoms with van der Waals surface area (Å²) >= 11 is -7.65. The molecule has 2 unspecified atom stereocenters. The third-order valence-corrected chi connectivity index (χ3v) is 52.3. The summed E-state index contributed by atoms with van der Waals surface area (Å²) in [7, 11) is 0. The first kappa shape index (κ1) is 82.5. The van der Waals surface area contributed by atoms with Crippen molar-refractivity contribution in [3.8, 4) is 0 Å². The summed E-state index contributed by atoms with van der Waals surface area (Å²) in [4.78, 5) is 0. The second-order valence-corrected chi connectivity index (χ2v) is 49.2. The molecule has 5 heteroatoms. The van der Waals surface area contributed by atoms with E-state index >= 15 is 0 Å². The van der Waals surface area contributed by atoms with E-state index in [4.69, 9.17) is 7.56 Å². The van der Waals surface area contributed by atoms with Crippen LogP contribution in [0, 0.1) is 0 Å². The van der Waals surface area contributed by atoms with Crippen LogP contribution in [0.3, 0.4) is 0 Å². The zero-order valence-corrected chi connectivity index (χ0v) is 63.8. The molecule has 3 nitrogen and oxygen atoms in total. The third kappa shape index (κ3) is 56.5. The van der Waals surface area contributed by atoms with Gasteiger partial charge < -0.3 is 0 Å². The zero-order chi connectivity index (χ0) is 58.9. The molecule has 0 fully saturated rings. The molecule has 0 aliphatic rings. The molecule has 0 aromatic carbocycles. The Kier molecular flexibility index (Phi) is 68.6. The Morgan fingerprint density at radius 3 is 0.469 bits per heavy atom. The number of hydrogen-bond donors (Lipinski definition) is 0.